The number of fused-ring (bicyclic) bond motifs is 1. The van der Waals surface area contributed by atoms with Crippen LogP contribution >= 0.6 is 0 Å². The number of aliphatic hydroxyl groups excluding tert-OH is 2. The van der Waals surface area contributed by atoms with Crippen LogP contribution < -0.4 is 0 Å². The molecule has 0 fully saturated rings. The third-order valence-corrected chi connectivity index (χ3v) is 4.11. The Hall–Kier alpha value is -2.77. The normalized spacial score (nSPS) is 12.4. The van der Waals surface area contributed by atoms with Crippen molar-refractivity contribution in [2.75, 3.05) is 6.61 Å². The third kappa shape index (κ3) is 3.67. The zero-order chi connectivity index (χ0) is 17.8. The minimum atomic E-state index is -0.898. The topological polar surface area (TPSA) is 101 Å². The van der Waals surface area contributed by atoms with Crippen LogP contribution in [-0.4, -0.2) is 31.3 Å². The van der Waals surface area contributed by atoms with Gasteiger partial charge in [-0.1, -0.05) is 24.3 Å². The van der Waals surface area contributed by atoms with Gasteiger partial charge in [-0.05, 0) is 24.1 Å². The van der Waals surface area contributed by atoms with Gasteiger partial charge in [-0.15, -0.1) is 0 Å². The molecule has 1 aromatic heterocycles. The number of hydrogen-bond donors (Lipinski definition) is 2. The summed E-state index contributed by atoms with van der Waals surface area (Å²) in [5, 5.41) is 30.6. The lowest BCUT2D eigenvalue weighted by Gasteiger charge is -2.15. The zero-order valence-electron chi connectivity index (χ0n) is 13.6. The van der Waals surface area contributed by atoms with E-state index in [0.717, 1.165) is 16.9 Å². The summed E-state index contributed by atoms with van der Waals surface area (Å²) in [6.45, 7) is 0.305. The van der Waals surface area contributed by atoms with Crippen LogP contribution in [0.5, 0.6) is 0 Å². The Balaban J connectivity index is 1.93. The fraction of sp³-hybridized carbons (Fsp3) is 0.278. The van der Waals surface area contributed by atoms with Crippen molar-refractivity contribution in [2.45, 2.75) is 25.5 Å². The smallest absolute Gasteiger partial charge is 0.269 e. The first-order valence-electron chi connectivity index (χ1n) is 8.07. The highest BCUT2D eigenvalue weighted by molar-refractivity contribution is 5.75. The van der Waals surface area contributed by atoms with Crippen molar-refractivity contribution in [3.63, 3.8) is 0 Å². The van der Waals surface area contributed by atoms with Crippen LogP contribution in [0.15, 0.2) is 48.5 Å². The van der Waals surface area contributed by atoms with Gasteiger partial charge in [0.15, 0.2) is 0 Å². The van der Waals surface area contributed by atoms with Crippen LogP contribution in [0.25, 0.3) is 11.0 Å². The molecule has 0 aliphatic carbocycles. The first-order chi connectivity index (χ1) is 12.1. The summed E-state index contributed by atoms with van der Waals surface area (Å²) in [4.78, 5) is 15.0. The number of imidazole rings is 1. The largest absolute Gasteiger partial charge is 0.396 e. The van der Waals surface area contributed by atoms with Gasteiger partial charge in [0.2, 0.25) is 0 Å². The fourth-order valence-electron chi connectivity index (χ4n) is 2.88. The summed E-state index contributed by atoms with van der Waals surface area (Å²) in [5.74, 6) is 0.778. The number of nitro benzene ring substituents is 1. The number of aromatic nitrogens is 2. The molecule has 3 aromatic rings. The van der Waals surface area contributed by atoms with E-state index < -0.39 is 11.0 Å². The number of non-ortho nitro benzene ring substituents is 1. The second kappa shape index (κ2) is 7.42. The molecule has 7 nitrogen and oxygen atoms in total. The SMILES string of the molecule is O=[N+]([O-])c1cccc(C(O)Cn2c(CCCO)nc3ccccc32)c1. The number of aliphatic hydroxyl groups is 2. The lowest BCUT2D eigenvalue weighted by Crippen LogP contribution is -2.12. The van der Waals surface area contributed by atoms with Crippen molar-refractivity contribution in [1.29, 1.82) is 0 Å². The number of aryl methyl sites for hydroxylation is 1. The summed E-state index contributed by atoms with van der Waals surface area (Å²) in [6, 6.07) is 13.6. The molecule has 0 saturated carbocycles. The first kappa shape index (κ1) is 17.1. The van der Waals surface area contributed by atoms with Crippen molar-refractivity contribution in [3.8, 4) is 0 Å². The van der Waals surface area contributed by atoms with E-state index >= 15 is 0 Å². The van der Waals surface area contributed by atoms with Gasteiger partial charge in [-0.3, -0.25) is 10.1 Å². The predicted molar refractivity (Wildman–Crippen MR) is 93.2 cm³/mol. The quantitative estimate of drug-likeness (QED) is 0.508. The van der Waals surface area contributed by atoms with Crippen LogP contribution in [0, 0.1) is 10.1 Å². The van der Waals surface area contributed by atoms with E-state index in [1.54, 1.807) is 12.1 Å². The predicted octanol–water partition coefficient (Wildman–Crippen LogP) is 2.60. The Morgan fingerprint density at radius 2 is 2.00 bits per heavy atom. The average Bonchev–Trinajstić information content (AvgIpc) is 2.97. The van der Waals surface area contributed by atoms with Crippen LogP contribution in [0.3, 0.4) is 0 Å². The molecule has 0 bridgehead atoms. The van der Waals surface area contributed by atoms with Gasteiger partial charge in [0.05, 0.1) is 28.6 Å². The standard InChI is InChI=1S/C18H19N3O4/c22-10-4-9-18-19-15-7-1-2-8-16(15)20(18)12-17(23)13-5-3-6-14(11-13)21(24)25/h1-3,5-8,11,17,22-23H,4,9-10,12H2. The Morgan fingerprint density at radius 1 is 1.20 bits per heavy atom. The van der Waals surface area contributed by atoms with Crippen molar-refractivity contribution < 1.29 is 15.1 Å². The summed E-state index contributed by atoms with van der Waals surface area (Å²) in [5.41, 5.74) is 2.15. The Kier molecular flexibility index (Phi) is 5.06. The van der Waals surface area contributed by atoms with Crippen LogP contribution in [-0.2, 0) is 13.0 Å². The highest BCUT2D eigenvalue weighted by atomic mass is 16.6. The second-order valence-corrected chi connectivity index (χ2v) is 5.82. The second-order valence-electron chi connectivity index (χ2n) is 5.82. The molecule has 0 radical (unpaired) electrons. The minimum Gasteiger partial charge on any atom is -0.396 e. The zero-order valence-corrected chi connectivity index (χ0v) is 13.6. The van der Waals surface area contributed by atoms with E-state index in [9.17, 15) is 15.2 Å². The number of benzene rings is 2. The van der Waals surface area contributed by atoms with E-state index in [4.69, 9.17) is 5.11 Å². The van der Waals surface area contributed by atoms with Crippen molar-refractivity contribution in [3.05, 3.63) is 70.0 Å². The minimum absolute atomic E-state index is 0.0486. The van der Waals surface area contributed by atoms with Crippen LogP contribution in [0.2, 0.25) is 0 Å². The molecule has 1 heterocycles. The Bertz CT molecular complexity index is 891. The van der Waals surface area contributed by atoms with Gasteiger partial charge in [-0.2, -0.15) is 0 Å². The van der Waals surface area contributed by atoms with E-state index in [2.05, 4.69) is 4.98 Å². The number of hydrogen-bond acceptors (Lipinski definition) is 5. The molecule has 3 rings (SSSR count). The lowest BCUT2D eigenvalue weighted by molar-refractivity contribution is -0.385. The monoisotopic (exact) mass is 341 g/mol. The molecule has 0 aliphatic heterocycles. The van der Waals surface area contributed by atoms with Crippen molar-refractivity contribution in [2.24, 2.45) is 0 Å². The maximum Gasteiger partial charge on any atom is 0.269 e. The van der Waals surface area contributed by atoms with Crippen LogP contribution in [0.4, 0.5) is 5.69 Å². The van der Waals surface area contributed by atoms with Crippen LogP contribution in [0.1, 0.15) is 23.9 Å². The third-order valence-electron chi connectivity index (χ3n) is 4.11. The molecule has 2 N–H and O–H groups in total. The summed E-state index contributed by atoms with van der Waals surface area (Å²) >= 11 is 0. The highest BCUT2D eigenvalue weighted by Gasteiger charge is 2.17. The maximum atomic E-state index is 10.9. The van der Waals surface area contributed by atoms with E-state index in [0.29, 0.717) is 18.4 Å². The molecule has 0 aliphatic rings. The van der Waals surface area contributed by atoms with E-state index in [-0.39, 0.29) is 18.8 Å². The molecule has 0 saturated heterocycles. The van der Waals surface area contributed by atoms with E-state index in [1.807, 2.05) is 28.8 Å². The average molecular weight is 341 g/mol. The van der Waals surface area contributed by atoms with Gasteiger partial charge < -0.3 is 14.8 Å². The molecule has 25 heavy (non-hydrogen) atoms. The fourth-order valence-corrected chi connectivity index (χ4v) is 2.88. The summed E-state index contributed by atoms with van der Waals surface area (Å²) in [6.07, 6.45) is 0.272. The molecule has 130 valence electrons. The first-order valence-corrected chi connectivity index (χ1v) is 8.07. The summed E-state index contributed by atoms with van der Waals surface area (Å²) in [7, 11) is 0. The molecular weight excluding hydrogens is 322 g/mol. The van der Waals surface area contributed by atoms with Gasteiger partial charge >= 0.3 is 0 Å². The van der Waals surface area contributed by atoms with Crippen molar-refractivity contribution in [1.82, 2.24) is 9.55 Å². The number of para-hydroxylation sites is 2. The summed E-state index contributed by atoms with van der Waals surface area (Å²) < 4.78 is 1.91. The van der Waals surface area contributed by atoms with Gasteiger partial charge in [0.25, 0.3) is 5.69 Å². The van der Waals surface area contributed by atoms with E-state index in [1.165, 1.54) is 12.1 Å². The number of nitrogens with zero attached hydrogens (tertiary/aromatic N) is 3. The maximum absolute atomic E-state index is 10.9. The molecule has 0 spiro atoms. The van der Waals surface area contributed by atoms with Gasteiger partial charge in [-0.25, -0.2) is 4.98 Å². The number of rotatable bonds is 7. The molecule has 1 unspecified atom stereocenters. The molecule has 0 amide bonds. The Morgan fingerprint density at radius 3 is 2.76 bits per heavy atom. The molecule has 2 aromatic carbocycles. The lowest BCUT2D eigenvalue weighted by atomic mass is 10.1. The number of nitro groups is 1. The molecule has 1 atom stereocenters. The molecule has 7 heteroatoms. The molecular formula is C18H19N3O4. The van der Waals surface area contributed by atoms with Gasteiger partial charge in [0.1, 0.15) is 5.82 Å². The van der Waals surface area contributed by atoms with Gasteiger partial charge in [0, 0.05) is 25.2 Å². The Labute approximate surface area is 144 Å². The highest BCUT2D eigenvalue weighted by Crippen LogP contribution is 2.24. The van der Waals surface area contributed by atoms with Crippen molar-refractivity contribution >= 4 is 16.7 Å².